The summed E-state index contributed by atoms with van der Waals surface area (Å²) in [6.07, 6.45) is 1.35. The van der Waals surface area contributed by atoms with Crippen molar-refractivity contribution in [2.45, 2.75) is 25.9 Å². The van der Waals surface area contributed by atoms with Crippen LogP contribution in [0.15, 0.2) is 0 Å². The highest BCUT2D eigenvalue weighted by molar-refractivity contribution is 5.75. The highest BCUT2D eigenvalue weighted by Gasteiger charge is 2.06. The van der Waals surface area contributed by atoms with Gasteiger partial charge < -0.3 is 19.0 Å². The molecule has 0 saturated carbocycles. The van der Waals surface area contributed by atoms with Gasteiger partial charge in [-0.2, -0.15) is 0 Å². The van der Waals surface area contributed by atoms with Gasteiger partial charge in [0.15, 0.2) is 0 Å². The van der Waals surface area contributed by atoms with E-state index in [0.29, 0.717) is 26.2 Å². The first kappa shape index (κ1) is 13.5. The molecule has 1 atom stereocenters. The maximum atomic E-state index is 10.6. The summed E-state index contributed by atoms with van der Waals surface area (Å²) < 4.78 is 15.4. The third-order valence-electron chi connectivity index (χ3n) is 1.81. The number of methoxy groups -OCH3 is 2. The fraction of sp³-hybridized carbons (Fsp3) is 0.900. The van der Waals surface area contributed by atoms with Crippen LogP contribution >= 0.6 is 0 Å². The van der Waals surface area contributed by atoms with Crippen molar-refractivity contribution in [2.24, 2.45) is 0 Å². The van der Waals surface area contributed by atoms with Gasteiger partial charge in [-0.3, -0.25) is 0 Å². The summed E-state index contributed by atoms with van der Waals surface area (Å²) in [5.74, 6) is 0.203. The van der Waals surface area contributed by atoms with Gasteiger partial charge in [-0.1, -0.05) is 0 Å². The Labute approximate surface area is 85.5 Å². The van der Waals surface area contributed by atoms with Gasteiger partial charge in [0.25, 0.3) is 0 Å². The number of ketones is 1. The summed E-state index contributed by atoms with van der Waals surface area (Å²) >= 11 is 0. The molecule has 0 aliphatic carbocycles. The van der Waals surface area contributed by atoms with Crippen LogP contribution in [0.25, 0.3) is 0 Å². The normalized spacial score (nSPS) is 12.8. The zero-order chi connectivity index (χ0) is 10.8. The minimum Gasteiger partial charge on any atom is -0.382 e. The van der Waals surface area contributed by atoms with E-state index in [1.54, 1.807) is 21.1 Å². The Morgan fingerprint density at radius 2 is 2.00 bits per heavy atom. The second-order valence-electron chi connectivity index (χ2n) is 3.19. The van der Waals surface area contributed by atoms with Gasteiger partial charge in [0, 0.05) is 27.2 Å². The maximum absolute atomic E-state index is 10.6. The zero-order valence-electron chi connectivity index (χ0n) is 9.25. The molecule has 0 aliphatic heterocycles. The Kier molecular flexibility index (Phi) is 8.83. The minimum atomic E-state index is -0.0164. The standard InChI is InChI=1S/C10H20O4/c1-9(11)5-4-6-14-8-10(13-3)7-12-2/h10H,4-8H2,1-3H3. The van der Waals surface area contributed by atoms with Crippen LogP contribution in [0.2, 0.25) is 0 Å². The van der Waals surface area contributed by atoms with E-state index in [1.165, 1.54) is 0 Å². The minimum absolute atomic E-state index is 0.0164. The van der Waals surface area contributed by atoms with Crippen molar-refractivity contribution >= 4 is 5.78 Å². The van der Waals surface area contributed by atoms with Crippen molar-refractivity contribution in [2.75, 3.05) is 34.0 Å². The van der Waals surface area contributed by atoms with Gasteiger partial charge >= 0.3 is 0 Å². The molecule has 84 valence electrons. The van der Waals surface area contributed by atoms with E-state index >= 15 is 0 Å². The molecule has 0 heterocycles. The summed E-state index contributed by atoms with van der Waals surface area (Å²) in [4.78, 5) is 10.6. The molecular weight excluding hydrogens is 184 g/mol. The lowest BCUT2D eigenvalue weighted by Gasteiger charge is -2.14. The predicted molar refractivity (Wildman–Crippen MR) is 53.4 cm³/mol. The molecular formula is C10H20O4. The van der Waals surface area contributed by atoms with Crippen LogP contribution < -0.4 is 0 Å². The SMILES string of the molecule is COCC(COCCCC(C)=O)OC. The van der Waals surface area contributed by atoms with Crippen molar-refractivity contribution in [3.05, 3.63) is 0 Å². The van der Waals surface area contributed by atoms with Crippen molar-refractivity contribution < 1.29 is 19.0 Å². The molecule has 0 amide bonds. The van der Waals surface area contributed by atoms with E-state index in [1.807, 2.05) is 0 Å². The molecule has 0 rings (SSSR count). The van der Waals surface area contributed by atoms with E-state index in [2.05, 4.69) is 0 Å². The molecule has 14 heavy (non-hydrogen) atoms. The first-order valence-electron chi connectivity index (χ1n) is 4.79. The molecule has 0 aromatic rings. The topological polar surface area (TPSA) is 44.8 Å². The van der Waals surface area contributed by atoms with Crippen molar-refractivity contribution in [3.8, 4) is 0 Å². The van der Waals surface area contributed by atoms with E-state index in [-0.39, 0.29) is 11.9 Å². The average Bonchev–Trinajstić information content (AvgIpc) is 2.15. The van der Waals surface area contributed by atoms with E-state index in [4.69, 9.17) is 14.2 Å². The third-order valence-corrected chi connectivity index (χ3v) is 1.81. The largest absolute Gasteiger partial charge is 0.382 e. The molecule has 0 N–H and O–H groups in total. The summed E-state index contributed by atoms with van der Waals surface area (Å²) in [5, 5.41) is 0. The predicted octanol–water partition coefficient (Wildman–Crippen LogP) is 1.03. The number of rotatable bonds is 9. The lowest BCUT2D eigenvalue weighted by Crippen LogP contribution is -2.23. The first-order valence-corrected chi connectivity index (χ1v) is 4.79. The fourth-order valence-electron chi connectivity index (χ4n) is 1.01. The third kappa shape index (κ3) is 8.16. The summed E-state index contributed by atoms with van der Waals surface area (Å²) in [6.45, 7) is 3.23. The molecule has 0 aromatic heterocycles. The Balaban J connectivity index is 3.28. The van der Waals surface area contributed by atoms with Crippen LogP contribution in [0.5, 0.6) is 0 Å². The number of carbonyl (C=O) groups is 1. The highest BCUT2D eigenvalue weighted by Crippen LogP contribution is 1.95. The average molecular weight is 204 g/mol. The number of ether oxygens (including phenoxy) is 3. The van der Waals surface area contributed by atoms with Gasteiger partial charge in [-0.15, -0.1) is 0 Å². The van der Waals surface area contributed by atoms with Gasteiger partial charge in [0.2, 0.25) is 0 Å². The second-order valence-corrected chi connectivity index (χ2v) is 3.19. The molecule has 1 unspecified atom stereocenters. The fourth-order valence-corrected chi connectivity index (χ4v) is 1.01. The first-order chi connectivity index (χ1) is 6.70. The van der Waals surface area contributed by atoms with Gasteiger partial charge in [0.05, 0.1) is 13.2 Å². The van der Waals surface area contributed by atoms with Crippen LogP contribution in [0.4, 0.5) is 0 Å². The van der Waals surface area contributed by atoms with Gasteiger partial charge in [-0.05, 0) is 13.3 Å². The van der Waals surface area contributed by atoms with Crippen LogP contribution in [0.3, 0.4) is 0 Å². The monoisotopic (exact) mass is 204 g/mol. The molecule has 0 aliphatic rings. The molecule has 0 radical (unpaired) electrons. The molecule has 0 fully saturated rings. The second kappa shape index (κ2) is 9.12. The van der Waals surface area contributed by atoms with Crippen molar-refractivity contribution in [3.63, 3.8) is 0 Å². The van der Waals surface area contributed by atoms with E-state index in [9.17, 15) is 4.79 Å². The summed E-state index contributed by atoms with van der Waals surface area (Å²) in [7, 11) is 3.25. The molecule has 4 heteroatoms. The number of hydrogen-bond acceptors (Lipinski definition) is 4. The highest BCUT2D eigenvalue weighted by atomic mass is 16.5. The van der Waals surface area contributed by atoms with E-state index in [0.717, 1.165) is 6.42 Å². The maximum Gasteiger partial charge on any atom is 0.129 e. The number of carbonyl (C=O) groups excluding carboxylic acids is 1. The Bertz CT molecular complexity index is 147. The number of Topliss-reactive ketones (excluding diaryl/α,β-unsaturated/α-hetero) is 1. The molecule has 0 saturated heterocycles. The lowest BCUT2D eigenvalue weighted by molar-refractivity contribution is -0.117. The van der Waals surface area contributed by atoms with Crippen molar-refractivity contribution in [1.29, 1.82) is 0 Å². The van der Waals surface area contributed by atoms with Gasteiger partial charge in [-0.25, -0.2) is 0 Å². The number of hydrogen-bond donors (Lipinski definition) is 0. The molecule has 0 bridgehead atoms. The van der Waals surface area contributed by atoms with Crippen LogP contribution in [-0.2, 0) is 19.0 Å². The Morgan fingerprint density at radius 1 is 1.29 bits per heavy atom. The van der Waals surface area contributed by atoms with Crippen LogP contribution in [0.1, 0.15) is 19.8 Å². The van der Waals surface area contributed by atoms with Crippen LogP contribution in [-0.4, -0.2) is 45.9 Å². The molecule has 0 aromatic carbocycles. The summed E-state index contributed by atoms with van der Waals surface area (Å²) in [5.41, 5.74) is 0. The summed E-state index contributed by atoms with van der Waals surface area (Å²) in [6, 6.07) is 0. The van der Waals surface area contributed by atoms with E-state index < -0.39 is 0 Å². The molecule has 0 spiro atoms. The smallest absolute Gasteiger partial charge is 0.129 e. The lowest BCUT2D eigenvalue weighted by atomic mass is 10.2. The zero-order valence-corrected chi connectivity index (χ0v) is 9.25. The van der Waals surface area contributed by atoms with Crippen molar-refractivity contribution in [1.82, 2.24) is 0 Å². The Morgan fingerprint density at radius 3 is 2.50 bits per heavy atom. The van der Waals surface area contributed by atoms with Crippen LogP contribution in [0, 0.1) is 0 Å². The van der Waals surface area contributed by atoms with Gasteiger partial charge in [0.1, 0.15) is 11.9 Å². The Hall–Kier alpha value is -0.450. The molecule has 4 nitrogen and oxygen atoms in total. The quantitative estimate of drug-likeness (QED) is 0.526.